The average molecular weight is 286 g/mol. The fourth-order valence-corrected chi connectivity index (χ4v) is 3.06. The van der Waals surface area contributed by atoms with E-state index in [4.69, 9.17) is 0 Å². The highest BCUT2D eigenvalue weighted by atomic mass is 16.3. The summed E-state index contributed by atoms with van der Waals surface area (Å²) >= 11 is 0. The van der Waals surface area contributed by atoms with Crippen LogP contribution in [0.1, 0.15) is 31.7 Å². The Morgan fingerprint density at radius 3 is 3.00 bits per heavy atom. The van der Waals surface area contributed by atoms with Gasteiger partial charge in [-0.2, -0.15) is 0 Å². The second-order valence-electron chi connectivity index (χ2n) is 5.85. The standard InChI is InChI=1S/C16H22N4O/c1-13(21)9-15-3-2-7-19(15)11-14-4-5-16(18-10-14)20-8-6-17-12-20/h4-6,8,10,12-13,15,21H,2-3,7,9,11H2,1H3. The van der Waals surface area contributed by atoms with Gasteiger partial charge in [-0.3, -0.25) is 9.47 Å². The Balaban J connectivity index is 1.65. The number of nitrogens with zero attached hydrogens (tertiary/aromatic N) is 4. The first kappa shape index (κ1) is 14.2. The molecular formula is C16H22N4O. The van der Waals surface area contributed by atoms with Gasteiger partial charge in [0.05, 0.1) is 6.10 Å². The summed E-state index contributed by atoms with van der Waals surface area (Å²) in [5, 5.41) is 9.59. The maximum atomic E-state index is 9.59. The molecule has 0 saturated carbocycles. The minimum atomic E-state index is -0.225. The summed E-state index contributed by atoms with van der Waals surface area (Å²) in [5.41, 5.74) is 1.22. The largest absolute Gasteiger partial charge is 0.393 e. The van der Waals surface area contributed by atoms with Crippen molar-refractivity contribution in [3.8, 4) is 5.82 Å². The third-order valence-electron chi connectivity index (χ3n) is 4.08. The number of aliphatic hydroxyl groups is 1. The first-order valence-corrected chi connectivity index (χ1v) is 7.58. The van der Waals surface area contributed by atoms with E-state index in [2.05, 4.69) is 20.9 Å². The van der Waals surface area contributed by atoms with Crippen LogP contribution in [0.25, 0.3) is 5.82 Å². The molecule has 3 heterocycles. The summed E-state index contributed by atoms with van der Waals surface area (Å²) < 4.78 is 1.90. The molecule has 3 rings (SSSR count). The molecule has 5 heteroatoms. The van der Waals surface area contributed by atoms with Gasteiger partial charge in [0.15, 0.2) is 0 Å². The first-order chi connectivity index (χ1) is 10.2. The predicted octanol–water partition coefficient (Wildman–Crippen LogP) is 2.00. The Labute approximate surface area is 125 Å². The second-order valence-corrected chi connectivity index (χ2v) is 5.85. The van der Waals surface area contributed by atoms with Crippen LogP contribution in [0.2, 0.25) is 0 Å². The van der Waals surface area contributed by atoms with Crippen molar-refractivity contribution in [3.63, 3.8) is 0 Å². The number of imidazole rings is 1. The van der Waals surface area contributed by atoms with Gasteiger partial charge in [-0.1, -0.05) is 6.07 Å². The van der Waals surface area contributed by atoms with E-state index in [1.54, 1.807) is 12.5 Å². The van der Waals surface area contributed by atoms with Crippen LogP contribution >= 0.6 is 0 Å². The van der Waals surface area contributed by atoms with Crippen molar-refractivity contribution >= 4 is 0 Å². The van der Waals surface area contributed by atoms with Gasteiger partial charge >= 0.3 is 0 Å². The lowest BCUT2D eigenvalue weighted by atomic mass is 10.1. The molecule has 0 bridgehead atoms. The minimum absolute atomic E-state index is 0.225. The zero-order valence-corrected chi connectivity index (χ0v) is 12.4. The van der Waals surface area contributed by atoms with Crippen molar-refractivity contribution in [1.29, 1.82) is 0 Å². The monoisotopic (exact) mass is 286 g/mol. The van der Waals surface area contributed by atoms with E-state index in [-0.39, 0.29) is 6.10 Å². The van der Waals surface area contributed by atoms with Crippen LogP contribution in [0.3, 0.4) is 0 Å². The third kappa shape index (κ3) is 3.49. The van der Waals surface area contributed by atoms with Crippen LogP contribution in [0.4, 0.5) is 0 Å². The molecule has 1 aliphatic rings. The van der Waals surface area contributed by atoms with Gasteiger partial charge in [0.25, 0.3) is 0 Å². The van der Waals surface area contributed by atoms with E-state index in [0.717, 1.165) is 25.3 Å². The molecule has 0 radical (unpaired) electrons. The molecule has 112 valence electrons. The lowest BCUT2D eigenvalue weighted by molar-refractivity contribution is 0.130. The summed E-state index contributed by atoms with van der Waals surface area (Å²) in [5.74, 6) is 0.887. The van der Waals surface area contributed by atoms with Crippen molar-refractivity contribution in [3.05, 3.63) is 42.6 Å². The zero-order chi connectivity index (χ0) is 14.7. The number of likely N-dealkylation sites (tertiary alicyclic amines) is 1. The van der Waals surface area contributed by atoms with Crippen LogP contribution in [0.5, 0.6) is 0 Å². The molecule has 1 aliphatic heterocycles. The Morgan fingerprint density at radius 1 is 1.43 bits per heavy atom. The fraction of sp³-hybridized carbons (Fsp3) is 0.500. The molecule has 2 atom stereocenters. The number of pyridine rings is 1. The van der Waals surface area contributed by atoms with E-state index < -0.39 is 0 Å². The van der Waals surface area contributed by atoms with E-state index in [1.807, 2.05) is 30.0 Å². The Hall–Kier alpha value is -1.72. The van der Waals surface area contributed by atoms with Crippen LogP contribution in [0, 0.1) is 0 Å². The molecule has 0 spiro atoms. The summed E-state index contributed by atoms with van der Waals surface area (Å²) in [4.78, 5) is 11.0. The molecule has 0 aromatic carbocycles. The Morgan fingerprint density at radius 2 is 2.33 bits per heavy atom. The number of hydrogen-bond donors (Lipinski definition) is 1. The molecule has 1 saturated heterocycles. The SMILES string of the molecule is CC(O)CC1CCCN1Cc1ccc(-n2ccnc2)nc1. The highest BCUT2D eigenvalue weighted by Gasteiger charge is 2.25. The van der Waals surface area contributed by atoms with Gasteiger partial charge in [-0.05, 0) is 44.4 Å². The lowest BCUT2D eigenvalue weighted by Crippen LogP contribution is -2.31. The van der Waals surface area contributed by atoms with Crippen molar-refractivity contribution in [2.24, 2.45) is 0 Å². The maximum absolute atomic E-state index is 9.59. The maximum Gasteiger partial charge on any atom is 0.137 e. The van der Waals surface area contributed by atoms with E-state index in [9.17, 15) is 5.11 Å². The van der Waals surface area contributed by atoms with Crippen molar-refractivity contribution in [2.75, 3.05) is 6.54 Å². The average Bonchev–Trinajstić information content (AvgIpc) is 3.12. The number of rotatable bonds is 5. The minimum Gasteiger partial charge on any atom is -0.393 e. The Bertz CT molecular complexity index is 550. The van der Waals surface area contributed by atoms with Gasteiger partial charge in [-0.25, -0.2) is 9.97 Å². The first-order valence-electron chi connectivity index (χ1n) is 7.58. The van der Waals surface area contributed by atoms with Gasteiger partial charge in [0, 0.05) is 31.2 Å². The summed E-state index contributed by atoms with van der Waals surface area (Å²) in [6, 6.07) is 4.65. The van der Waals surface area contributed by atoms with Crippen molar-refractivity contribution in [1.82, 2.24) is 19.4 Å². The van der Waals surface area contributed by atoms with Gasteiger partial charge in [0.1, 0.15) is 12.1 Å². The zero-order valence-electron chi connectivity index (χ0n) is 12.4. The second kappa shape index (κ2) is 6.37. The van der Waals surface area contributed by atoms with Gasteiger partial charge in [0.2, 0.25) is 0 Å². The Kier molecular flexibility index (Phi) is 4.31. The highest BCUT2D eigenvalue weighted by molar-refractivity contribution is 5.25. The normalized spacial score (nSPS) is 20.8. The quantitative estimate of drug-likeness (QED) is 0.913. The fourth-order valence-electron chi connectivity index (χ4n) is 3.06. The van der Waals surface area contributed by atoms with Crippen LogP contribution in [-0.4, -0.2) is 43.2 Å². The molecule has 2 aromatic rings. The lowest BCUT2D eigenvalue weighted by Gasteiger charge is -2.25. The molecule has 1 N–H and O–H groups in total. The predicted molar refractivity (Wildman–Crippen MR) is 81.1 cm³/mol. The smallest absolute Gasteiger partial charge is 0.137 e. The van der Waals surface area contributed by atoms with Crippen LogP contribution in [0.15, 0.2) is 37.1 Å². The molecule has 0 aliphatic carbocycles. The topological polar surface area (TPSA) is 54.2 Å². The van der Waals surface area contributed by atoms with E-state index >= 15 is 0 Å². The highest BCUT2D eigenvalue weighted by Crippen LogP contribution is 2.23. The summed E-state index contributed by atoms with van der Waals surface area (Å²) in [6.45, 7) is 3.90. The molecule has 0 amide bonds. The molecular weight excluding hydrogens is 264 g/mol. The third-order valence-corrected chi connectivity index (χ3v) is 4.08. The van der Waals surface area contributed by atoms with Crippen LogP contribution < -0.4 is 0 Å². The van der Waals surface area contributed by atoms with E-state index in [1.165, 1.54) is 18.4 Å². The summed E-state index contributed by atoms with van der Waals surface area (Å²) in [7, 11) is 0. The number of hydrogen-bond acceptors (Lipinski definition) is 4. The summed E-state index contributed by atoms with van der Waals surface area (Å²) in [6.07, 6.45) is 10.4. The number of aromatic nitrogens is 3. The molecule has 2 aromatic heterocycles. The van der Waals surface area contributed by atoms with Crippen molar-refractivity contribution < 1.29 is 5.11 Å². The van der Waals surface area contributed by atoms with Gasteiger partial charge < -0.3 is 5.11 Å². The van der Waals surface area contributed by atoms with Gasteiger partial charge in [-0.15, -0.1) is 0 Å². The van der Waals surface area contributed by atoms with Crippen LogP contribution in [-0.2, 0) is 6.54 Å². The molecule has 5 nitrogen and oxygen atoms in total. The molecule has 1 fully saturated rings. The van der Waals surface area contributed by atoms with Crippen molar-refractivity contribution in [2.45, 2.75) is 44.9 Å². The van der Waals surface area contributed by atoms with E-state index in [0.29, 0.717) is 6.04 Å². The molecule has 21 heavy (non-hydrogen) atoms. The number of aliphatic hydroxyl groups excluding tert-OH is 1. The molecule has 2 unspecified atom stereocenters.